The normalized spacial score (nSPS) is 10.6. The molecule has 0 bridgehead atoms. The first-order valence-electron chi connectivity index (χ1n) is 6.01. The topological polar surface area (TPSA) is 54.5 Å². The first-order valence-corrected chi connectivity index (χ1v) is 6.01. The van der Waals surface area contributed by atoms with Gasteiger partial charge < -0.3 is 0 Å². The summed E-state index contributed by atoms with van der Waals surface area (Å²) in [5.74, 6) is 0.647. The number of aryl methyl sites for hydroxylation is 2. The Morgan fingerprint density at radius 2 is 2.00 bits per heavy atom. The summed E-state index contributed by atoms with van der Waals surface area (Å²) in [5, 5.41) is 9.34. The Morgan fingerprint density at radius 3 is 2.79 bits per heavy atom. The summed E-state index contributed by atoms with van der Waals surface area (Å²) in [6.45, 7) is 3.85. The molecule has 0 amide bonds. The Bertz CT molecular complexity index is 809. The summed E-state index contributed by atoms with van der Waals surface area (Å²) in [4.78, 5) is 8.84. The van der Waals surface area contributed by atoms with Crippen LogP contribution in [0, 0.1) is 25.2 Å². The number of hydrogen-bond donors (Lipinski definition) is 0. The molecule has 0 N–H and O–H groups in total. The first kappa shape index (κ1) is 11.4. The average molecular weight is 248 g/mol. The predicted molar refractivity (Wildman–Crippen MR) is 73.1 cm³/mol. The number of pyridine rings is 1. The number of aromatic nitrogens is 3. The molecule has 92 valence electrons. The van der Waals surface area contributed by atoms with E-state index in [1.165, 1.54) is 0 Å². The third kappa shape index (κ3) is 1.76. The maximum absolute atomic E-state index is 9.34. The highest BCUT2D eigenvalue weighted by atomic mass is 15.1. The Morgan fingerprint density at radius 1 is 1.21 bits per heavy atom. The van der Waals surface area contributed by atoms with Crippen molar-refractivity contribution in [3.63, 3.8) is 0 Å². The molecule has 2 heterocycles. The van der Waals surface area contributed by atoms with Crippen molar-refractivity contribution < 1.29 is 0 Å². The number of nitrogens with zero attached hydrogens (tertiary/aromatic N) is 4. The highest BCUT2D eigenvalue weighted by molar-refractivity contribution is 5.77. The van der Waals surface area contributed by atoms with Crippen LogP contribution < -0.4 is 0 Å². The lowest BCUT2D eigenvalue weighted by Gasteiger charge is -2.09. The van der Waals surface area contributed by atoms with E-state index >= 15 is 0 Å². The summed E-state index contributed by atoms with van der Waals surface area (Å²) in [6.07, 6.45) is 1.72. The zero-order valence-electron chi connectivity index (χ0n) is 10.8. The fourth-order valence-electron chi connectivity index (χ4n) is 2.26. The summed E-state index contributed by atoms with van der Waals surface area (Å²) < 4.78 is 1.87. The molecule has 0 aliphatic rings. The molecule has 0 saturated heterocycles. The van der Waals surface area contributed by atoms with Crippen LogP contribution in [0.3, 0.4) is 0 Å². The van der Waals surface area contributed by atoms with Crippen molar-refractivity contribution >= 4 is 11.0 Å². The molecule has 0 fully saturated rings. The monoisotopic (exact) mass is 248 g/mol. The molecule has 19 heavy (non-hydrogen) atoms. The third-order valence-corrected chi connectivity index (χ3v) is 3.12. The highest BCUT2D eigenvalue weighted by Crippen LogP contribution is 2.21. The standard InChI is InChI=1S/C15H12N4/c1-10-7-11(2)18-15(12(10)8-16)19-9-17-13-5-3-4-6-14(13)19/h3-7,9H,1-2H3. The van der Waals surface area contributed by atoms with Crippen molar-refractivity contribution in [1.29, 1.82) is 5.26 Å². The number of imidazole rings is 1. The maximum Gasteiger partial charge on any atom is 0.156 e. The first-order chi connectivity index (χ1) is 9.20. The van der Waals surface area contributed by atoms with Gasteiger partial charge in [0, 0.05) is 5.69 Å². The molecule has 0 aliphatic heterocycles. The van der Waals surface area contributed by atoms with E-state index in [0.717, 1.165) is 22.3 Å². The summed E-state index contributed by atoms with van der Waals surface area (Å²) in [5.41, 5.74) is 4.27. The smallest absolute Gasteiger partial charge is 0.156 e. The molecular weight excluding hydrogens is 236 g/mol. The van der Waals surface area contributed by atoms with Gasteiger partial charge >= 0.3 is 0 Å². The molecule has 1 aromatic carbocycles. The van der Waals surface area contributed by atoms with E-state index in [1.807, 2.05) is 48.7 Å². The van der Waals surface area contributed by atoms with Gasteiger partial charge in [-0.3, -0.25) is 4.57 Å². The van der Waals surface area contributed by atoms with Crippen LogP contribution in [0.15, 0.2) is 36.7 Å². The molecule has 0 spiro atoms. The number of rotatable bonds is 1. The van der Waals surface area contributed by atoms with Crippen molar-refractivity contribution in [1.82, 2.24) is 14.5 Å². The highest BCUT2D eigenvalue weighted by Gasteiger charge is 2.12. The van der Waals surface area contributed by atoms with Crippen LogP contribution in [0.5, 0.6) is 0 Å². The quantitative estimate of drug-likeness (QED) is 0.665. The van der Waals surface area contributed by atoms with Crippen LogP contribution >= 0.6 is 0 Å². The van der Waals surface area contributed by atoms with E-state index in [-0.39, 0.29) is 0 Å². The van der Waals surface area contributed by atoms with Gasteiger partial charge in [-0.25, -0.2) is 9.97 Å². The van der Waals surface area contributed by atoms with Crippen molar-refractivity contribution in [2.75, 3.05) is 0 Å². The van der Waals surface area contributed by atoms with Gasteiger partial charge in [0.15, 0.2) is 5.82 Å². The van der Waals surface area contributed by atoms with Crippen LogP contribution in [-0.4, -0.2) is 14.5 Å². The van der Waals surface area contributed by atoms with Gasteiger partial charge in [0.05, 0.1) is 16.6 Å². The van der Waals surface area contributed by atoms with Gasteiger partial charge in [-0.2, -0.15) is 5.26 Å². The average Bonchev–Trinajstić information content (AvgIpc) is 2.81. The Kier molecular flexibility index (Phi) is 2.53. The van der Waals surface area contributed by atoms with Crippen molar-refractivity contribution in [2.24, 2.45) is 0 Å². The van der Waals surface area contributed by atoms with Gasteiger partial charge in [0.2, 0.25) is 0 Å². The van der Waals surface area contributed by atoms with Crippen LogP contribution in [0.4, 0.5) is 0 Å². The Hall–Kier alpha value is -2.67. The predicted octanol–water partition coefficient (Wildman–Crippen LogP) is 2.91. The molecule has 0 unspecified atom stereocenters. The van der Waals surface area contributed by atoms with Crippen LogP contribution in [0.25, 0.3) is 16.9 Å². The summed E-state index contributed by atoms with van der Waals surface area (Å²) >= 11 is 0. The fourth-order valence-corrected chi connectivity index (χ4v) is 2.26. The van der Waals surface area contributed by atoms with Gasteiger partial charge in [0.1, 0.15) is 12.4 Å². The second-order valence-corrected chi connectivity index (χ2v) is 4.49. The lowest BCUT2D eigenvalue weighted by atomic mass is 10.1. The minimum atomic E-state index is 0.591. The van der Waals surface area contributed by atoms with Gasteiger partial charge in [-0.15, -0.1) is 0 Å². The van der Waals surface area contributed by atoms with E-state index in [1.54, 1.807) is 6.33 Å². The van der Waals surface area contributed by atoms with Crippen molar-refractivity contribution in [3.05, 3.63) is 53.5 Å². The van der Waals surface area contributed by atoms with E-state index in [0.29, 0.717) is 11.4 Å². The number of hydrogen-bond acceptors (Lipinski definition) is 3. The van der Waals surface area contributed by atoms with Crippen molar-refractivity contribution in [3.8, 4) is 11.9 Å². The summed E-state index contributed by atoms with van der Waals surface area (Å²) in [7, 11) is 0. The minimum absolute atomic E-state index is 0.591. The number of para-hydroxylation sites is 2. The SMILES string of the molecule is Cc1cc(C)c(C#N)c(-n2cnc3ccccc32)n1. The number of fused-ring (bicyclic) bond motifs is 1. The lowest BCUT2D eigenvalue weighted by Crippen LogP contribution is -2.03. The summed E-state index contributed by atoms with van der Waals surface area (Å²) in [6, 6.07) is 12.0. The van der Waals surface area contributed by atoms with E-state index in [4.69, 9.17) is 0 Å². The van der Waals surface area contributed by atoms with E-state index in [9.17, 15) is 5.26 Å². The molecule has 2 aromatic heterocycles. The second kappa shape index (κ2) is 4.21. The van der Waals surface area contributed by atoms with Gasteiger partial charge in [-0.1, -0.05) is 12.1 Å². The van der Waals surface area contributed by atoms with E-state index < -0.39 is 0 Å². The zero-order valence-corrected chi connectivity index (χ0v) is 10.8. The fraction of sp³-hybridized carbons (Fsp3) is 0.133. The molecule has 0 radical (unpaired) electrons. The zero-order chi connectivity index (χ0) is 13.4. The van der Waals surface area contributed by atoms with Crippen molar-refractivity contribution in [2.45, 2.75) is 13.8 Å². The number of nitriles is 1. The van der Waals surface area contributed by atoms with Crippen LogP contribution in [0.2, 0.25) is 0 Å². The van der Waals surface area contributed by atoms with Gasteiger partial charge in [0.25, 0.3) is 0 Å². The van der Waals surface area contributed by atoms with Crippen LogP contribution in [0.1, 0.15) is 16.8 Å². The third-order valence-electron chi connectivity index (χ3n) is 3.12. The molecule has 3 aromatic rings. The Balaban J connectivity index is 2.36. The molecular formula is C15H12N4. The Labute approximate surface area is 111 Å². The van der Waals surface area contributed by atoms with E-state index in [2.05, 4.69) is 16.0 Å². The largest absolute Gasteiger partial charge is 0.282 e. The van der Waals surface area contributed by atoms with Gasteiger partial charge in [-0.05, 0) is 37.6 Å². The second-order valence-electron chi connectivity index (χ2n) is 4.49. The molecule has 4 nitrogen and oxygen atoms in total. The molecule has 0 aliphatic carbocycles. The van der Waals surface area contributed by atoms with Crippen LogP contribution in [-0.2, 0) is 0 Å². The molecule has 4 heteroatoms. The molecule has 0 atom stereocenters. The number of benzene rings is 1. The maximum atomic E-state index is 9.34. The lowest BCUT2D eigenvalue weighted by molar-refractivity contribution is 0.985. The minimum Gasteiger partial charge on any atom is -0.282 e. The molecule has 0 saturated carbocycles. The molecule has 3 rings (SSSR count).